The number of hydrogen-bond donors (Lipinski definition) is 5. The van der Waals surface area contributed by atoms with E-state index in [4.69, 9.17) is 20.3 Å². The monoisotopic (exact) mass is 292 g/mol. The van der Waals surface area contributed by atoms with Crippen LogP contribution in [0.15, 0.2) is 0 Å². The number of nitrogens with two attached hydrogens (primary N) is 1. The number of aliphatic hydroxyl groups is 3. The van der Waals surface area contributed by atoms with Crippen molar-refractivity contribution >= 4 is 6.29 Å². The van der Waals surface area contributed by atoms with Crippen molar-refractivity contribution < 1.29 is 29.6 Å². The fraction of sp³-hybridized carbons (Fsp3) is 0.917. The molecule has 0 radical (unpaired) electrons. The van der Waals surface area contributed by atoms with Crippen LogP contribution in [0.1, 0.15) is 13.8 Å². The van der Waals surface area contributed by atoms with Gasteiger partial charge in [0.25, 0.3) is 0 Å². The van der Waals surface area contributed by atoms with Gasteiger partial charge in [0.05, 0.1) is 24.8 Å². The molecule has 1 aliphatic heterocycles. The Balaban J connectivity index is 2.55. The molecule has 7 atom stereocenters. The van der Waals surface area contributed by atoms with Crippen molar-refractivity contribution in [2.75, 3.05) is 13.2 Å². The second-order valence-corrected chi connectivity index (χ2v) is 5.06. The number of hydrogen-bond acceptors (Lipinski definition) is 8. The molecule has 118 valence electrons. The van der Waals surface area contributed by atoms with Crippen molar-refractivity contribution in [2.24, 2.45) is 5.73 Å². The van der Waals surface area contributed by atoms with Crippen LogP contribution in [-0.4, -0.2) is 77.5 Å². The summed E-state index contributed by atoms with van der Waals surface area (Å²) in [5.74, 6) is 0. The number of carbonyl (C=O) groups is 1. The molecule has 6 N–H and O–H groups in total. The zero-order chi connectivity index (χ0) is 15.3. The minimum Gasteiger partial charge on any atom is -0.394 e. The first-order chi connectivity index (χ1) is 9.40. The summed E-state index contributed by atoms with van der Waals surface area (Å²) in [6, 6.07) is -1.22. The summed E-state index contributed by atoms with van der Waals surface area (Å²) in [5, 5.41) is 31.6. The molecule has 1 saturated heterocycles. The average molecular weight is 292 g/mol. The van der Waals surface area contributed by atoms with Crippen molar-refractivity contribution in [2.45, 2.75) is 56.6 Å². The van der Waals surface area contributed by atoms with Crippen molar-refractivity contribution in [1.82, 2.24) is 5.32 Å². The quantitative estimate of drug-likeness (QED) is 0.321. The molecule has 8 heteroatoms. The molecule has 0 aromatic rings. The molecule has 0 aromatic heterocycles. The summed E-state index contributed by atoms with van der Waals surface area (Å²) in [4.78, 5) is 10.5. The summed E-state index contributed by atoms with van der Waals surface area (Å²) in [7, 11) is 0. The van der Waals surface area contributed by atoms with E-state index in [2.05, 4.69) is 5.32 Å². The second kappa shape index (κ2) is 7.99. The van der Waals surface area contributed by atoms with Crippen molar-refractivity contribution in [1.29, 1.82) is 0 Å². The van der Waals surface area contributed by atoms with Gasteiger partial charge in [-0.05, 0) is 13.8 Å². The van der Waals surface area contributed by atoms with Gasteiger partial charge in [-0.15, -0.1) is 0 Å². The van der Waals surface area contributed by atoms with E-state index in [0.29, 0.717) is 6.54 Å². The zero-order valence-corrected chi connectivity index (χ0v) is 11.7. The first-order valence-electron chi connectivity index (χ1n) is 6.62. The lowest BCUT2D eigenvalue weighted by molar-refractivity contribution is -0.262. The lowest BCUT2D eigenvalue weighted by Gasteiger charge is -2.41. The minimum atomic E-state index is -1.31. The van der Waals surface area contributed by atoms with Crippen LogP contribution in [0.5, 0.6) is 0 Å². The highest BCUT2D eigenvalue weighted by molar-refractivity contribution is 5.56. The molecule has 8 nitrogen and oxygen atoms in total. The molecule has 1 heterocycles. The molecule has 1 aliphatic rings. The predicted molar refractivity (Wildman–Crippen MR) is 69.8 cm³/mol. The lowest BCUT2D eigenvalue weighted by atomic mass is 9.97. The Morgan fingerprint density at radius 3 is 2.65 bits per heavy atom. The predicted octanol–water partition coefficient (Wildman–Crippen LogP) is -2.67. The third-order valence-corrected chi connectivity index (χ3v) is 3.24. The van der Waals surface area contributed by atoms with Crippen molar-refractivity contribution in [3.8, 4) is 0 Å². The van der Waals surface area contributed by atoms with Gasteiger partial charge in [-0.25, -0.2) is 0 Å². The van der Waals surface area contributed by atoms with Crippen molar-refractivity contribution in [3.05, 3.63) is 0 Å². The molecule has 0 aliphatic carbocycles. The van der Waals surface area contributed by atoms with Crippen LogP contribution in [0.4, 0.5) is 0 Å². The van der Waals surface area contributed by atoms with E-state index in [1.165, 1.54) is 0 Å². The smallest absolute Gasteiger partial charge is 0.173 e. The molecular formula is C12H24N2O6. The highest BCUT2D eigenvalue weighted by Gasteiger charge is 2.43. The second-order valence-electron chi connectivity index (χ2n) is 5.06. The van der Waals surface area contributed by atoms with E-state index < -0.39 is 37.3 Å². The molecule has 0 saturated carbocycles. The average Bonchev–Trinajstić information content (AvgIpc) is 2.44. The minimum absolute atomic E-state index is 0.301. The van der Waals surface area contributed by atoms with Gasteiger partial charge in [0.1, 0.15) is 24.6 Å². The van der Waals surface area contributed by atoms with E-state index in [1.54, 1.807) is 13.8 Å². The van der Waals surface area contributed by atoms with E-state index >= 15 is 0 Å². The Bertz CT molecular complexity index is 306. The molecular weight excluding hydrogens is 268 g/mol. The maximum atomic E-state index is 10.5. The highest BCUT2D eigenvalue weighted by Crippen LogP contribution is 2.22. The van der Waals surface area contributed by atoms with Gasteiger partial charge >= 0.3 is 0 Å². The Kier molecular flexibility index (Phi) is 6.96. The van der Waals surface area contributed by atoms with Crippen LogP contribution in [0.25, 0.3) is 0 Å². The number of carbonyl (C=O) groups excluding carboxylic acids is 1. The largest absolute Gasteiger partial charge is 0.394 e. The van der Waals surface area contributed by atoms with Crippen molar-refractivity contribution in [3.63, 3.8) is 0 Å². The van der Waals surface area contributed by atoms with Gasteiger partial charge < -0.3 is 40.6 Å². The summed E-state index contributed by atoms with van der Waals surface area (Å²) >= 11 is 0. The highest BCUT2D eigenvalue weighted by atomic mass is 16.6. The Morgan fingerprint density at radius 1 is 1.45 bits per heavy atom. The first-order valence-corrected chi connectivity index (χ1v) is 6.62. The van der Waals surface area contributed by atoms with Gasteiger partial charge in [-0.1, -0.05) is 0 Å². The lowest BCUT2D eigenvalue weighted by Crippen LogP contribution is -2.63. The SMILES string of the molecule is CC(CN[C@@H](C)C=O)O[C@@H]1[C@@H](N)[C@@H](O)O[C@H](CO)[C@H]1O. The summed E-state index contributed by atoms with van der Waals surface area (Å²) < 4.78 is 10.6. The Hall–Kier alpha value is -0.610. The number of aliphatic hydroxyl groups excluding tert-OH is 3. The van der Waals surface area contributed by atoms with Crippen LogP contribution < -0.4 is 11.1 Å². The summed E-state index contributed by atoms with van der Waals surface area (Å²) in [6.07, 6.45) is -3.82. The molecule has 1 unspecified atom stereocenters. The van der Waals surface area contributed by atoms with E-state index in [1.807, 2.05) is 0 Å². The normalized spacial score (nSPS) is 37.4. The Morgan fingerprint density at radius 2 is 2.10 bits per heavy atom. The van der Waals surface area contributed by atoms with Crippen LogP contribution in [0.2, 0.25) is 0 Å². The van der Waals surface area contributed by atoms with E-state index in [0.717, 1.165) is 6.29 Å². The third-order valence-electron chi connectivity index (χ3n) is 3.24. The Labute approximate surface area is 117 Å². The van der Waals surface area contributed by atoms with Crippen LogP contribution in [0, 0.1) is 0 Å². The molecule has 1 rings (SSSR count). The van der Waals surface area contributed by atoms with Gasteiger partial charge in [0.2, 0.25) is 0 Å². The van der Waals surface area contributed by atoms with Crippen LogP contribution in [0.3, 0.4) is 0 Å². The number of rotatable bonds is 7. The van der Waals surface area contributed by atoms with E-state index in [9.17, 15) is 15.0 Å². The third kappa shape index (κ3) is 4.45. The zero-order valence-electron chi connectivity index (χ0n) is 11.7. The molecule has 20 heavy (non-hydrogen) atoms. The number of aldehydes is 1. The first kappa shape index (κ1) is 17.4. The van der Waals surface area contributed by atoms with Crippen LogP contribution in [-0.2, 0) is 14.3 Å². The molecule has 0 aromatic carbocycles. The van der Waals surface area contributed by atoms with Gasteiger partial charge in [0.15, 0.2) is 6.29 Å². The summed E-state index contributed by atoms with van der Waals surface area (Å²) in [6.45, 7) is 3.40. The van der Waals surface area contributed by atoms with Gasteiger partial charge in [-0.3, -0.25) is 0 Å². The van der Waals surface area contributed by atoms with Gasteiger partial charge in [-0.2, -0.15) is 0 Å². The van der Waals surface area contributed by atoms with Gasteiger partial charge in [0, 0.05) is 6.54 Å². The summed E-state index contributed by atoms with van der Waals surface area (Å²) in [5.41, 5.74) is 5.74. The fourth-order valence-electron chi connectivity index (χ4n) is 1.99. The molecule has 0 bridgehead atoms. The number of nitrogens with one attached hydrogen (secondary N) is 1. The number of ether oxygens (including phenoxy) is 2. The standard InChI is InChI=1S/C12H24N2O6/c1-6(4-15)14-3-7(2)19-11-9(13)12(18)20-8(5-16)10(11)17/h4,6-12,14,16-18H,3,5,13H2,1-2H3/t6-,7?,8+,9+,10+,11+,12-/m0/s1. The molecule has 1 fully saturated rings. The maximum absolute atomic E-state index is 10.5. The van der Waals surface area contributed by atoms with Crippen LogP contribution >= 0.6 is 0 Å². The fourth-order valence-corrected chi connectivity index (χ4v) is 1.99. The topological polar surface area (TPSA) is 134 Å². The maximum Gasteiger partial charge on any atom is 0.173 e. The molecule has 0 amide bonds. The van der Waals surface area contributed by atoms with E-state index in [-0.39, 0.29) is 12.1 Å². The molecule has 0 spiro atoms.